The third-order valence-corrected chi connectivity index (χ3v) is 4.59. The van der Waals surface area contributed by atoms with E-state index in [1.807, 2.05) is 17.6 Å². The van der Waals surface area contributed by atoms with Gasteiger partial charge in [0.05, 0.1) is 11.3 Å². The van der Waals surface area contributed by atoms with Crippen LogP contribution in [-0.2, 0) is 11.3 Å². The molecule has 1 heterocycles. The van der Waals surface area contributed by atoms with Gasteiger partial charge in [-0.3, -0.25) is 4.79 Å². The van der Waals surface area contributed by atoms with Crippen LogP contribution in [0.3, 0.4) is 0 Å². The van der Waals surface area contributed by atoms with Gasteiger partial charge in [0.1, 0.15) is 11.6 Å². The minimum Gasteiger partial charge on any atom is -0.507 e. The molecule has 0 saturated carbocycles. The van der Waals surface area contributed by atoms with E-state index in [2.05, 4.69) is 15.5 Å². The van der Waals surface area contributed by atoms with Crippen LogP contribution in [0.2, 0.25) is 0 Å². The number of carbonyl (C=O) groups excluding carboxylic acids is 1. The van der Waals surface area contributed by atoms with Crippen molar-refractivity contribution in [2.24, 2.45) is 0 Å². The molecule has 0 bridgehead atoms. The second-order valence-electron chi connectivity index (χ2n) is 5.41. The van der Waals surface area contributed by atoms with E-state index in [1.54, 1.807) is 24.3 Å². The van der Waals surface area contributed by atoms with Crippen LogP contribution < -0.4 is 5.32 Å². The Labute approximate surface area is 154 Å². The minimum atomic E-state index is -0.409. The predicted octanol–water partition coefficient (Wildman–Crippen LogP) is 3.54. The zero-order chi connectivity index (χ0) is 18.5. The van der Waals surface area contributed by atoms with Crippen LogP contribution in [0.5, 0.6) is 5.75 Å². The molecule has 0 aliphatic heterocycles. The summed E-state index contributed by atoms with van der Waals surface area (Å²) in [7, 11) is 0. The molecule has 134 valence electrons. The predicted molar refractivity (Wildman–Crippen MR) is 98.6 cm³/mol. The fraction of sp³-hybridized carbons (Fsp3) is 0.167. The Morgan fingerprint density at radius 3 is 2.77 bits per heavy atom. The summed E-state index contributed by atoms with van der Waals surface area (Å²) in [4.78, 5) is 12.1. The van der Waals surface area contributed by atoms with Crippen molar-refractivity contribution < 1.29 is 14.3 Å². The van der Waals surface area contributed by atoms with Crippen LogP contribution in [0.25, 0.3) is 11.4 Å². The standard InChI is InChI=1S/C18H17FN4O2S/c1-2-23-17(14-8-3-4-9-15(14)24)21-22-18(23)26-11-16(25)20-13-7-5-6-12(19)10-13/h3-10,24H,2,11H2,1H3,(H,20,25). The lowest BCUT2D eigenvalue weighted by Gasteiger charge is -2.08. The smallest absolute Gasteiger partial charge is 0.234 e. The van der Waals surface area contributed by atoms with E-state index >= 15 is 0 Å². The van der Waals surface area contributed by atoms with Gasteiger partial charge in [-0.15, -0.1) is 10.2 Å². The Kier molecular flexibility index (Phi) is 5.52. The lowest BCUT2D eigenvalue weighted by molar-refractivity contribution is -0.113. The fourth-order valence-corrected chi connectivity index (χ4v) is 3.24. The number of amides is 1. The number of halogens is 1. The lowest BCUT2D eigenvalue weighted by Crippen LogP contribution is -2.14. The van der Waals surface area contributed by atoms with Crippen LogP contribution in [-0.4, -0.2) is 31.5 Å². The number of hydrogen-bond donors (Lipinski definition) is 2. The molecular formula is C18H17FN4O2S. The number of carbonyl (C=O) groups is 1. The average Bonchev–Trinajstić information content (AvgIpc) is 3.03. The van der Waals surface area contributed by atoms with Gasteiger partial charge < -0.3 is 15.0 Å². The third kappa shape index (κ3) is 4.02. The Morgan fingerprint density at radius 2 is 2.04 bits per heavy atom. The largest absolute Gasteiger partial charge is 0.507 e. The molecule has 0 aliphatic carbocycles. The van der Waals surface area contributed by atoms with Crippen LogP contribution >= 0.6 is 11.8 Å². The van der Waals surface area contributed by atoms with Crippen molar-refractivity contribution in [2.45, 2.75) is 18.6 Å². The number of anilines is 1. The highest BCUT2D eigenvalue weighted by atomic mass is 32.2. The highest BCUT2D eigenvalue weighted by Crippen LogP contribution is 2.30. The summed E-state index contributed by atoms with van der Waals surface area (Å²) < 4.78 is 15.0. The van der Waals surface area contributed by atoms with Crippen molar-refractivity contribution in [3.8, 4) is 17.1 Å². The van der Waals surface area contributed by atoms with Crippen LogP contribution in [0, 0.1) is 5.82 Å². The molecule has 26 heavy (non-hydrogen) atoms. The summed E-state index contributed by atoms with van der Waals surface area (Å²) in [6, 6.07) is 12.6. The summed E-state index contributed by atoms with van der Waals surface area (Å²) in [5.74, 6) is 0.0904. The quantitative estimate of drug-likeness (QED) is 0.647. The van der Waals surface area contributed by atoms with Gasteiger partial charge in [-0.05, 0) is 37.3 Å². The first kappa shape index (κ1) is 17.9. The van der Waals surface area contributed by atoms with Gasteiger partial charge in [0, 0.05) is 12.2 Å². The first-order valence-corrected chi connectivity index (χ1v) is 8.97. The van der Waals surface area contributed by atoms with Gasteiger partial charge in [-0.25, -0.2) is 4.39 Å². The molecule has 0 fully saturated rings. The topological polar surface area (TPSA) is 80.0 Å². The Bertz CT molecular complexity index is 929. The second kappa shape index (κ2) is 8.01. The fourth-order valence-electron chi connectivity index (χ4n) is 2.44. The molecule has 3 aromatic rings. The SMILES string of the molecule is CCn1c(SCC(=O)Nc2cccc(F)c2)nnc1-c1ccccc1O. The minimum absolute atomic E-state index is 0.107. The molecule has 6 nitrogen and oxygen atoms in total. The molecule has 0 aliphatic rings. The third-order valence-electron chi connectivity index (χ3n) is 3.62. The van der Waals surface area contributed by atoms with Crippen LogP contribution in [0.4, 0.5) is 10.1 Å². The second-order valence-corrected chi connectivity index (χ2v) is 6.36. The number of nitrogens with one attached hydrogen (secondary N) is 1. The first-order valence-electron chi connectivity index (χ1n) is 7.98. The number of aromatic nitrogens is 3. The molecule has 0 atom stereocenters. The van der Waals surface area contributed by atoms with E-state index in [1.165, 1.54) is 30.0 Å². The molecule has 0 unspecified atom stereocenters. The van der Waals surface area contributed by atoms with Gasteiger partial charge in [-0.2, -0.15) is 0 Å². The number of rotatable bonds is 6. The molecule has 3 rings (SSSR count). The summed E-state index contributed by atoms with van der Waals surface area (Å²) in [6.45, 7) is 2.52. The zero-order valence-electron chi connectivity index (χ0n) is 14.0. The molecule has 2 aromatic carbocycles. The van der Waals surface area contributed by atoms with Gasteiger partial charge in [0.2, 0.25) is 5.91 Å². The number of nitrogens with zero attached hydrogens (tertiary/aromatic N) is 3. The summed E-state index contributed by atoms with van der Waals surface area (Å²) in [5, 5.41) is 21.5. The molecular weight excluding hydrogens is 355 g/mol. The Hall–Kier alpha value is -2.87. The highest BCUT2D eigenvalue weighted by Gasteiger charge is 2.16. The Morgan fingerprint density at radius 1 is 1.23 bits per heavy atom. The average molecular weight is 372 g/mol. The van der Waals surface area contributed by atoms with E-state index in [4.69, 9.17) is 0 Å². The van der Waals surface area contributed by atoms with Crippen molar-refractivity contribution >= 4 is 23.4 Å². The van der Waals surface area contributed by atoms with Gasteiger partial charge in [0.25, 0.3) is 0 Å². The number of para-hydroxylation sites is 1. The molecule has 0 saturated heterocycles. The summed E-state index contributed by atoms with van der Waals surface area (Å²) in [5.41, 5.74) is 0.986. The monoisotopic (exact) mass is 372 g/mol. The molecule has 0 spiro atoms. The van der Waals surface area contributed by atoms with E-state index in [-0.39, 0.29) is 17.4 Å². The molecule has 8 heteroatoms. The number of aromatic hydroxyl groups is 1. The van der Waals surface area contributed by atoms with Crippen LogP contribution in [0.15, 0.2) is 53.7 Å². The number of benzene rings is 2. The molecule has 1 aromatic heterocycles. The maximum atomic E-state index is 13.2. The molecule has 1 amide bonds. The molecule has 2 N–H and O–H groups in total. The van der Waals surface area contributed by atoms with Gasteiger partial charge in [0.15, 0.2) is 11.0 Å². The maximum absolute atomic E-state index is 13.2. The van der Waals surface area contributed by atoms with E-state index in [9.17, 15) is 14.3 Å². The van der Waals surface area contributed by atoms with Crippen molar-refractivity contribution in [1.82, 2.24) is 14.8 Å². The van der Waals surface area contributed by atoms with E-state index < -0.39 is 5.82 Å². The van der Waals surface area contributed by atoms with E-state index in [0.29, 0.717) is 28.8 Å². The van der Waals surface area contributed by atoms with Gasteiger partial charge in [-0.1, -0.05) is 30.0 Å². The number of phenolic OH excluding ortho intramolecular Hbond substituents is 1. The number of thioether (sulfide) groups is 1. The van der Waals surface area contributed by atoms with Crippen molar-refractivity contribution in [2.75, 3.05) is 11.1 Å². The van der Waals surface area contributed by atoms with Crippen molar-refractivity contribution in [3.05, 3.63) is 54.3 Å². The van der Waals surface area contributed by atoms with Crippen LogP contribution in [0.1, 0.15) is 6.92 Å². The van der Waals surface area contributed by atoms with Gasteiger partial charge >= 0.3 is 0 Å². The number of phenols is 1. The molecule has 0 radical (unpaired) electrons. The highest BCUT2D eigenvalue weighted by molar-refractivity contribution is 7.99. The van der Waals surface area contributed by atoms with Crippen molar-refractivity contribution in [3.63, 3.8) is 0 Å². The maximum Gasteiger partial charge on any atom is 0.234 e. The summed E-state index contributed by atoms with van der Waals surface area (Å²) in [6.07, 6.45) is 0. The first-order chi connectivity index (χ1) is 12.6. The van der Waals surface area contributed by atoms with E-state index in [0.717, 1.165) is 0 Å². The Balaban J connectivity index is 1.71. The zero-order valence-corrected chi connectivity index (χ0v) is 14.8. The normalized spacial score (nSPS) is 10.7. The number of hydrogen-bond acceptors (Lipinski definition) is 5. The summed E-state index contributed by atoms with van der Waals surface area (Å²) >= 11 is 1.23. The van der Waals surface area contributed by atoms with Crippen molar-refractivity contribution in [1.29, 1.82) is 0 Å². The lowest BCUT2D eigenvalue weighted by atomic mass is 10.2.